The first-order valence-electron chi connectivity index (χ1n) is 6.85. The Bertz CT molecular complexity index is 346. The highest BCUT2D eigenvalue weighted by Gasteiger charge is 2.24. The van der Waals surface area contributed by atoms with Crippen LogP contribution in [-0.4, -0.2) is 24.0 Å². The number of nitrogens with two attached hydrogens (primary N) is 1. The molecular weight excluding hydrogens is 244 g/mol. The summed E-state index contributed by atoms with van der Waals surface area (Å²) in [6.45, 7) is 8.59. The van der Waals surface area contributed by atoms with Crippen LogP contribution in [0.25, 0.3) is 0 Å². The molecule has 0 aliphatic carbocycles. The molecule has 0 aliphatic rings. The largest absolute Gasteiger partial charge is 0.326 e. The van der Waals surface area contributed by atoms with Crippen molar-refractivity contribution in [2.45, 2.75) is 45.7 Å². The van der Waals surface area contributed by atoms with Gasteiger partial charge in [0, 0.05) is 11.1 Å². The highest BCUT2D eigenvalue weighted by atomic mass is 35.5. The van der Waals surface area contributed by atoms with Gasteiger partial charge in [0.15, 0.2) is 0 Å². The van der Waals surface area contributed by atoms with Gasteiger partial charge in [0.05, 0.1) is 6.04 Å². The van der Waals surface area contributed by atoms with Crippen molar-refractivity contribution < 1.29 is 0 Å². The minimum atomic E-state index is 0.0722. The minimum Gasteiger partial charge on any atom is -0.326 e. The monoisotopic (exact) mass is 268 g/mol. The molecular formula is C15H25ClN2. The third-order valence-corrected chi connectivity index (χ3v) is 3.48. The van der Waals surface area contributed by atoms with Crippen molar-refractivity contribution in [2.24, 2.45) is 5.73 Å². The van der Waals surface area contributed by atoms with Gasteiger partial charge in [-0.2, -0.15) is 0 Å². The molecule has 0 saturated heterocycles. The predicted molar refractivity (Wildman–Crippen MR) is 80.0 cm³/mol. The third-order valence-electron chi connectivity index (χ3n) is 3.14. The smallest absolute Gasteiger partial charge is 0.0511 e. The van der Waals surface area contributed by atoms with E-state index in [4.69, 9.17) is 17.3 Å². The van der Waals surface area contributed by atoms with E-state index in [1.54, 1.807) is 0 Å². The molecule has 1 aromatic rings. The molecule has 0 heterocycles. The maximum absolute atomic E-state index is 6.33. The highest BCUT2D eigenvalue weighted by Crippen LogP contribution is 2.29. The molecule has 0 radical (unpaired) electrons. The van der Waals surface area contributed by atoms with Crippen LogP contribution in [0.15, 0.2) is 24.3 Å². The summed E-state index contributed by atoms with van der Waals surface area (Å²) in [5.74, 6) is 0. The molecule has 0 aliphatic heterocycles. The Morgan fingerprint density at radius 3 is 2.17 bits per heavy atom. The van der Waals surface area contributed by atoms with Crippen LogP contribution in [0.5, 0.6) is 0 Å². The second-order valence-corrected chi connectivity index (χ2v) is 5.27. The van der Waals surface area contributed by atoms with E-state index in [9.17, 15) is 0 Å². The van der Waals surface area contributed by atoms with Crippen LogP contribution < -0.4 is 5.73 Å². The van der Waals surface area contributed by atoms with E-state index >= 15 is 0 Å². The lowest BCUT2D eigenvalue weighted by molar-refractivity contribution is 0.176. The molecule has 0 saturated carbocycles. The molecule has 0 spiro atoms. The quantitative estimate of drug-likeness (QED) is 0.814. The average molecular weight is 269 g/mol. The summed E-state index contributed by atoms with van der Waals surface area (Å²) in [5.41, 5.74) is 7.35. The molecule has 2 unspecified atom stereocenters. The van der Waals surface area contributed by atoms with Crippen molar-refractivity contribution in [1.29, 1.82) is 0 Å². The Hall–Kier alpha value is -0.570. The van der Waals surface area contributed by atoms with Gasteiger partial charge >= 0.3 is 0 Å². The molecule has 2 nitrogen and oxygen atoms in total. The Balaban J connectivity index is 3.03. The summed E-state index contributed by atoms with van der Waals surface area (Å²) in [7, 11) is 0. The summed E-state index contributed by atoms with van der Waals surface area (Å²) in [5, 5.41) is 0.817. The molecule has 1 rings (SSSR count). The summed E-state index contributed by atoms with van der Waals surface area (Å²) in [6, 6.07) is 8.32. The molecule has 102 valence electrons. The number of benzene rings is 1. The van der Waals surface area contributed by atoms with Gasteiger partial charge in [-0.1, -0.05) is 43.6 Å². The highest BCUT2D eigenvalue weighted by molar-refractivity contribution is 6.31. The molecule has 1 aromatic carbocycles. The van der Waals surface area contributed by atoms with E-state index in [2.05, 4.69) is 31.7 Å². The maximum atomic E-state index is 6.33. The zero-order chi connectivity index (χ0) is 13.5. The van der Waals surface area contributed by atoms with E-state index in [1.807, 2.05) is 18.2 Å². The first-order valence-corrected chi connectivity index (χ1v) is 7.23. The first-order chi connectivity index (χ1) is 8.61. The minimum absolute atomic E-state index is 0.0722. The number of hydrogen-bond donors (Lipinski definition) is 1. The molecule has 2 N–H and O–H groups in total. The van der Waals surface area contributed by atoms with Gasteiger partial charge in [-0.05, 0) is 44.5 Å². The second kappa shape index (κ2) is 7.78. The lowest BCUT2D eigenvalue weighted by Gasteiger charge is -2.34. The van der Waals surface area contributed by atoms with E-state index in [-0.39, 0.29) is 12.1 Å². The Morgan fingerprint density at radius 1 is 1.17 bits per heavy atom. The van der Waals surface area contributed by atoms with Crippen LogP contribution in [0.2, 0.25) is 5.02 Å². The molecule has 3 heteroatoms. The summed E-state index contributed by atoms with van der Waals surface area (Å²) in [4.78, 5) is 2.45. The van der Waals surface area contributed by atoms with E-state index in [1.165, 1.54) is 0 Å². The van der Waals surface area contributed by atoms with Crippen molar-refractivity contribution in [3.63, 3.8) is 0 Å². The van der Waals surface area contributed by atoms with Gasteiger partial charge in [0.2, 0.25) is 0 Å². The first kappa shape index (κ1) is 15.5. The summed E-state index contributed by atoms with van der Waals surface area (Å²) >= 11 is 6.33. The second-order valence-electron chi connectivity index (χ2n) is 4.86. The van der Waals surface area contributed by atoms with Gasteiger partial charge < -0.3 is 5.73 Å². The lowest BCUT2D eigenvalue weighted by Crippen LogP contribution is -2.40. The predicted octanol–water partition coefficient (Wildman–Crippen LogP) is 3.85. The molecule has 0 fully saturated rings. The number of halogens is 1. The number of rotatable bonds is 7. The van der Waals surface area contributed by atoms with Gasteiger partial charge in [0.25, 0.3) is 0 Å². The van der Waals surface area contributed by atoms with E-state index in [0.29, 0.717) is 0 Å². The fourth-order valence-corrected chi connectivity index (χ4v) is 2.74. The van der Waals surface area contributed by atoms with Crippen LogP contribution >= 0.6 is 11.6 Å². The molecule has 0 amide bonds. The van der Waals surface area contributed by atoms with Crippen LogP contribution in [0.3, 0.4) is 0 Å². The van der Waals surface area contributed by atoms with Crippen molar-refractivity contribution in [3.05, 3.63) is 34.9 Å². The lowest BCUT2D eigenvalue weighted by atomic mass is 9.98. The van der Waals surface area contributed by atoms with Gasteiger partial charge in [-0.3, -0.25) is 4.90 Å². The van der Waals surface area contributed by atoms with Crippen molar-refractivity contribution in [1.82, 2.24) is 4.90 Å². The van der Waals surface area contributed by atoms with Crippen molar-refractivity contribution >= 4 is 11.6 Å². The Morgan fingerprint density at radius 2 is 1.72 bits per heavy atom. The maximum Gasteiger partial charge on any atom is 0.0511 e. The molecule has 2 atom stereocenters. The fourth-order valence-electron chi connectivity index (χ4n) is 2.49. The zero-order valence-corrected chi connectivity index (χ0v) is 12.5. The van der Waals surface area contributed by atoms with Crippen LogP contribution in [0.1, 0.15) is 45.2 Å². The standard InChI is InChI=1S/C15H25ClN2/c1-4-10-18(11-5-2)15(12(3)17)13-8-6-7-9-14(13)16/h6-9,12,15H,4-5,10-11,17H2,1-3H3. The summed E-state index contributed by atoms with van der Waals surface area (Å²) in [6.07, 6.45) is 2.27. The van der Waals surface area contributed by atoms with Gasteiger partial charge in [-0.15, -0.1) is 0 Å². The van der Waals surface area contributed by atoms with Gasteiger partial charge in [0.1, 0.15) is 0 Å². The Kier molecular flexibility index (Phi) is 6.69. The Labute approximate surface area is 116 Å². The topological polar surface area (TPSA) is 29.3 Å². The average Bonchev–Trinajstić information content (AvgIpc) is 2.32. The van der Waals surface area contributed by atoms with Crippen LogP contribution in [0, 0.1) is 0 Å². The molecule has 0 aromatic heterocycles. The van der Waals surface area contributed by atoms with Crippen LogP contribution in [0.4, 0.5) is 0 Å². The fraction of sp³-hybridized carbons (Fsp3) is 0.600. The summed E-state index contributed by atoms with van der Waals surface area (Å²) < 4.78 is 0. The van der Waals surface area contributed by atoms with Crippen molar-refractivity contribution in [3.8, 4) is 0 Å². The zero-order valence-electron chi connectivity index (χ0n) is 11.7. The van der Waals surface area contributed by atoms with Gasteiger partial charge in [-0.25, -0.2) is 0 Å². The molecule has 0 bridgehead atoms. The van der Waals surface area contributed by atoms with E-state index < -0.39 is 0 Å². The number of hydrogen-bond acceptors (Lipinski definition) is 2. The van der Waals surface area contributed by atoms with E-state index in [0.717, 1.165) is 36.5 Å². The normalized spacial score (nSPS) is 14.8. The van der Waals surface area contributed by atoms with Crippen LogP contribution in [-0.2, 0) is 0 Å². The van der Waals surface area contributed by atoms with Crippen molar-refractivity contribution in [2.75, 3.05) is 13.1 Å². The number of nitrogens with zero attached hydrogens (tertiary/aromatic N) is 1. The SMILES string of the molecule is CCCN(CCC)C(c1ccccc1Cl)C(C)N. The third kappa shape index (κ3) is 3.98. The molecule has 18 heavy (non-hydrogen) atoms.